The third-order valence-electron chi connectivity index (χ3n) is 1.97. The Balaban J connectivity index is 2.30. The van der Waals surface area contributed by atoms with Crippen molar-refractivity contribution in [2.45, 2.75) is 25.9 Å². The van der Waals surface area contributed by atoms with Crippen molar-refractivity contribution in [3.8, 4) is 0 Å². The molecule has 0 N–H and O–H groups in total. The maximum atomic E-state index is 10.0. The molecule has 1 aromatic rings. The number of aryl methyl sites for hydroxylation is 1. The highest BCUT2D eigenvalue weighted by atomic mass is 16.5. The van der Waals surface area contributed by atoms with Gasteiger partial charge in [-0.3, -0.25) is 4.79 Å². The van der Waals surface area contributed by atoms with Gasteiger partial charge in [0.05, 0.1) is 6.10 Å². The van der Waals surface area contributed by atoms with Gasteiger partial charge in [0, 0.05) is 0 Å². The second-order valence-corrected chi connectivity index (χ2v) is 3.07. The van der Waals surface area contributed by atoms with E-state index in [1.807, 2.05) is 25.1 Å². The monoisotopic (exact) mass is 178 g/mol. The molecule has 0 aliphatic rings. The van der Waals surface area contributed by atoms with Gasteiger partial charge in [-0.15, -0.1) is 0 Å². The normalized spacial score (nSPS) is 12.1. The molecule has 0 radical (unpaired) electrons. The Kier molecular flexibility index (Phi) is 4.03. The molecule has 0 spiro atoms. The zero-order chi connectivity index (χ0) is 9.52. The minimum absolute atomic E-state index is 0.0118. The minimum Gasteiger partial charge on any atom is -0.465 e. The van der Waals surface area contributed by atoms with Gasteiger partial charge >= 0.3 is 0 Å². The van der Waals surface area contributed by atoms with Crippen LogP contribution < -0.4 is 0 Å². The molecule has 1 atom stereocenters. The average molecular weight is 178 g/mol. The number of rotatable bonds is 5. The van der Waals surface area contributed by atoms with Crippen molar-refractivity contribution < 1.29 is 9.53 Å². The summed E-state index contributed by atoms with van der Waals surface area (Å²) in [6.07, 6.45) is 1.84. The lowest BCUT2D eigenvalue weighted by atomic mass is 10.1. The van der Waals surface area contributed by atoms with Crippen LogP contribution in [0.4, 0.5) is 0 Å². The van der Waals surface area contributed by atoms with E-state index in [2.05, 4.69) is 12.1 Å². The summed E-state index contributed by atoms with van der Waals surface area (Å²) in [7, 11) is 0. The minimum atomic E-state index is 0.0118. The van der Waals surface area contributed by atoms with Crippen molar-refractivity contribution >= 4 is 6.47 Å². The van der Waals surface area contributed by atoms with Crippen molar-refractivity contribution in [3.05, 3.63) is 35.9 Å². The number of hydrogen-bond donors (Lipinski definition) is 0. The summed E-state index contributed by atoms with van der Waals surface area (Å²) in [5.41, 5.74) is 1.28. The summed E-state index contributed by atoms with van der Waals surface area (Å²) >= 11 is 0. The summed E-state index contributed by atoms with van der Waals surface area (Å²) in [6.45, 7) is 2.41. The lowest BCUT2D eigenvalue weighted by Crippen LogP contribution is -2.07. The van der Waals surface area contributed by atoms with E-state index in [-0.39, 0.29) is 6.10 Å². The highest BCUT2D eigenvalue weighted by Crippen LogP contribution is 2.05. The van der Waals surface area contributed by atoms with Crippen molar-refractivity contribution in [1.82, 2.24) is 0 Å². The fourth-order valence-electron chi connectivity index (χ4n) is 1.18. The Hall–Kier alpha value is -1.31. The zero-order valence-electron chi connectivity index (χ0n) is 7.77. The van der Waals surface area contributed by atoms with Crippen LogP contribution in [-0.2, 0) is 16.0 Å². The van der Waals surface area contributed by atoms with Gasteiger partial charge in [-0.05, 0) is 25.3 Å². The van der Waals surface area contributed by atoms with Gasteiger partial charge in [0.1, 0.15) is 0 Å². The van der Waals surface area contributed by atoms with Crippen LogP contribution in [0.15, 0.2) is 30.3 Å². The maximum absolute atomic E-state index is 10.0. The van der Waals surface area contributed by atoms with Gasteiger partial charge in [-0.2, -0.15) is 0 Å². The first kappa shape index (κ1) is 9.78. The summed E-state index contributed by atoms with van der Waals surface area (Å²) in [5.74, 6) is 0. The van der Waals surface area contributed by atoms with Gasteiger partial charge < -0.3 is 4.74 Å². The average Bonchev–Trinajstić information content (AvgIpc) is 2.17. The molecule has 0 heterocycles. The van der Waals surface area contributed by atoms with Crippen LogP contribution in [0.5, 0.6) is 0 Å². The van der Waals surface area contributed by atoms with Crippen molar-refractivity contribution in [2.75, 3.05) is 0 Å². The molecule has 0 bridgehead atoms. The molecule has 0 fully saturated rings. The molecule has 0 saturated carbocycles. The number of benzene rings is 1. The van der Waals surface area contributed by atoms with Crippen LogP contribution in [-0.4, -0.2) is 12.6 Å². The molecule has 0 aromatic heterocycles. The van der Waals surface area contributed by atoms with Crippen molar-refractivity contribution in [2.24, 2.45) is 0 Å². The Bertz CT molecular complexity index is 244. The lowest BCUT2D eigenvalue weighted by molar-refractivity contribution is -0.132. The largest absolute Gasteiger partial charge is 0.465 e. The third-order valence-corrected chi connectivity index (χ3v) is 1.97. The Morgan fingerprint density at radius 2 is 2.08 bits per heavy atom. The second kappa shape index (κ2) is 5.36. The highest BCUT2D eigenvalue weighted by Gasteiger charge is 2.01. The van der Waals surface area contributed by atoms with E-state index in [9.17, 15) is 4.79 Å². The SMILES string of the molecule is C[C@H](CCc1ccccc1)OC=O. The van der Waals surface area contributed by atoms with Gasteiger partial charge in [0.25, 0.3) is 6.47 Å². The summed E-state index contributed by atoms with van der Waals surface area (Å²) in [5, 5.41) is 0. The standard InChI is InChI=1S/C11H14O2/c1-10(13-9-12)7-8-11-5-3-2-4-6-11/h2-6,9-10H,7-8H2,1H3/t10-/m1/s1. The van der Waals surface area contributed by atoms with Crippen LogP contribution in [0, 0.1) is 0 Å². The predicted octanol–water partition coefficient (Wildman–Crippen LogP) is 2.18. The molecular formula is C11H14O2. The Morgan fingerprint density at radius 1 is 1.38 bits per heavy atom. The molecular weight excluding hydrogens is 164 g/mol. The molecule has 70 valence electrons. The maximum Gasteiger partial charge on any atom is 0.293 e. The fourth-order valence-corrected chi connectivity index (χ4v) is 1.18. The number of carbonyl (C=O) groups excluding carboxylic acids is 1. The van der Waals surface area contributed by atoms with Crippen molar-refractivity contribution in [3.63, 3.8) is 0 Å². The van der Waals surface area contributed by atoms with Gasteiger partial charge in [-0.1, -0.05) is 30.3 Å². The molecule has 0 unspecified atom stereocenters. The number of carbonyl (C=O) groups is 1. The van der Waals surface area contributed by atoms with Crippen molar-refractivity contribution in [1.29, 1.82) is 0 Å². The summed E-state index contributed by atoms with van der Waals surface area (Å²) < 4.78 is 4.78. The molecule has 0 amide bonds. The molecule has 0 aliphatic carbocycles. The van der Waals surface area contributed by atoms with E-state index in [0.717, 1.165) is 12.8 Å². The fraction of sp³-hybridized carbons (Fsp3) is 0.364. The van der Waals surface area contributed by atoms with Crippen LogP contribution in [0.25, 0.3) is 0 Å². The summed E-state index contributed by atoms with van der Waals surface area (Å²) in [6, 6.07) is 10.2. The first-order valence-electron chi connectivity index (χ1n) is 4.46. The Morgan fingerprint density at radius 3 is 2.69 bits per heavy atom. The first-order valence-corrected chi connectivity index (χ1v) is 4.46. The molecule has 0 aliphatic heterocycles. The molecule has 13 heavy (non-hydrogen) atoms. The smallest absolute Gasteiger partial charge is 0.293 e. The molecule has 2 nitrogen and oxygen atoms in total. The van der Waals surface area contributed by atoms with E-state index in [1.165, 1.54) is 5.56 Å². The highest BCUT2D eigenvalue weighted by molar-refractivity contribution is 5.37. The second-order valence-electron chi connectivity index (χ2n) is 3.07. The van der Waals surface area contributed by atoms with Crippen LogP contribution >= 0.6 is 0 Å². The third kappa shape index (κ3) is 3.74. The van der Waals surface area contributed by atoms with E-state index >= 15 is 0 Å². The van der Waals surface area contributed by atoms with Crippen LogP contribution in [0.1, 0.15) is 18.9 Å². The van der Waals surface area contributed by atoms with Gasteiger partial charge in [-0.25, -0.2) is 0 Å². The first-order chi connectivity index (χ1) is 6.33. The quantitative estimate of drug-likeness (QED) is 0.646. The topological polar surface area (TPSA) is 26.3 Å². The van der Waals surface area contributed by atoms with Crippen LogP contribution in [0.2, 0.25) is 0 Å². The number of hydrogen-bond acceptors (Lipinski definition) is 2. The summed E-state index contributed by atoms with van der Waals surface area (Å²) in [4.78, 5) is 10.0. The van der Waals surface area contributed by atoms with E-state index in [0.29, 0.717) is 6.47 Å². The molecule has 2 heteroatoms. The van der Waals surface area contributed by atoms with E-state index < -0.39 is 0 Å². The number of ether oxygens (including phenoxy) is 1. The predicted molar refractivity (Wildman–Crippen MR) is 51.4 cm³/mol. The lowest BCUT2D eigenvalue weighted by Gasteiger charge is -2.08. The molecule has 0 saturated heterocycles. The van der Waals surface area contributed by atoms with E-state index in [1.54, 1.807) is 0 Å². The van der Waals surface area contributed by atoms with E-state index in [4.69, 9.17) is 4.74 Å². The van der Waals surface area contributed by atoms with Crippen LogP contribution in [0.3, 0.4) is 0 Å². The molecule has 1 aromatic carbocycles. The molecule has 1 rings (SSSR count). The van der Waals surface area contributed by atoms with Gasteiger partial charge in [0.15, 0.2) is 0 Å². The zero-order valence-corrected chi connectivity index (χ0v) is 7.77. The Labute approximate surface area is 78.5 Å². The van der Waals surface area contributed by atoms with Gasteiger partial charge in [0.2, 0.25) is 0 Å².